The summed E-state index contributed by atoms with van der Waals surface area (Å²) in [6.07, 6.45) is 0. The van der Waals surface area contributed by atoms with Gasteiger partial charge in [-0.3, -0.25) is 0 Å². The van der Waals surface area contributed by atoms with Gasteiger partial charge in [-0.25, -0.2) is 0 Å². The van der Waals surface area contributed by atoms with Crippen molar-refractivity contribution in [1.82, 2.24) is 5.32 Å². The van der Waals surface area contributed by atoms with Crippen LogP contribution in [0.1, 0.15) is 25.0 Å². The van der Waals surface area contributed by atoms with Crippen LogP contribution >= 0.6 is 23.2 Å². The standard InChI is InChI=1S/C19H21Cl2F2NO3/c1-19(2,12-5-6-13(20)14(21)9-12)24-10-11-7-15(25-3)17(27-18(22)23)16(8-11)26-4/h5-9,18,24H,10H2,1-4H3. The van der Waals surface area contributed by atoms with Gasteiger partial charge in [-0.05, 0) is 49.2 Å². The molecule has 0 bridgehead atoms. The second kappa shape index (κ2) is 8.95. The lowest BCUT2D eigenvalue weighted by Gasteiger charge is -2.28. The molecule has 0 saturated heterocycles. The van der Waals surface area contributed by atoms with E-state index in [9.17, 15) is 8.78 Å². The highest BCUT2D eigenvalue weighted by atomic mass is 35.5. The van der Waals surface area contributed by atoms with Crippen LogP contribution in [0.4, 0.5) is 8.78 Å². The molecular weight excluding hydrogens is 399 g/mol. The van der Waals surface area contributed by atoms with E-state index in [-0.39, 0.29) is 17.2 Å². The second-order valence-corrected chi connectivity index (χ2v) is 7.13. The third-order valence-electron chi connectivity index (χ3n) is 4.10. The Balaban J connectivity index is 2.24. The minimum atomic E-state index is -2.98. The molecule has 0 heterocycles. The first-order valence-electron chi connectivity index (χ1n) is 8.08. The zero-order chi connectivity index (χ0) is 20.2. The molecule has 0 aliphatic heterocycles. The van der Waals surface area contributed by atoms with Crippen LogP contribution in [0.25, 0.3) is 0 Å². The summed E-state index contributed by atoms with van der Waals surface area (Å²) < 4.78 is 40.2. The summed E-state index contributed by atoms with van der Waals surface area (Å²) in [6.45, 7) is 1.44. The Labute approximate surface area is 167 Å². The van der Waals surface area contributed by atoms with Gasteiger partial charge < -0.3 is 19.5 Å². The zero-order valence-electron chi connectivity index (χ0n) is 15.4. The number of hydrogen-bond donors (Lipinski definition) is 1. The van der Waals surface area contributed by atoms with E-state index in [1.165, 1.54) is 14.2 Å². The first kappa shape index (κ1) is 21.5. The summed E-state index contributed by atoms with van der Waals surface area (Å²) in [5, 5.41) is 4.36. The monoisotopic (exact) mass is 419 g/mol. The number of rotatable bonds is 8. The lowest BCUT2D eigenvalue weighted by Crippen LogP contribution is -2.36. The maximum absolute atomic E-state index is 12.6. The van der Waals surface area contributed by atoms with Gasteiger partial charge in [0.1, 0.15) is 0 Å². The number of methoxy groups -OCH3 is 2. The lowest BCUT2D eigenvalue weighted by molar-refractivity contribution is -0.0526. The van der Waals surface area contributed by atoms with Crippen molar-refractivity contribution in [2.45, 2.75) is 32.5 Å². The third kappa shape index (κ3) is 5.37. The topological polar surface area (TPSA) is 39.7 Å². The molecule has 27 heavy (non-hydrogen) atoms. The van der Waals surface area contributed by atoms with E-state index in [0.717, 1.165) is 11.1 Å². The minimum Gasteiger partial charge on any atom is -0.493 e. The summed E-state index contributed by atoms with van der Waals surface area (Å²) in [5.41, 5.74) is 1.30. The Morgan fingerprint density at radius 1 is 1.00 bits per heavy atom. The summed E-state index contributed by atoms with van der Waals surface area (Å²) >= 11 is 12.1. The van der Waals surface area contributed by atoms with Gasteiger partial charge in [0, 0.05) is 12.1 Å². The number of alkyl halides is 2. The molecule has 0 radical (unpaired) electrons. The predicted molar refractivity (Wildman–Crippen MR) is 103 cm³/mol. The molecule has 0 unspecified atom stereocenters. The molecule has 0 spiro atoms. The number of nitrogens with one attached hydrogen (secondary N) is 1. The van der Waals surface area contributed by atoms with E-state index in [1.807, 2.05) is 19.9 Å². The first-order valence-corrected chi connectivity index (χ1v) is 8.83. The van der Waals surface area contributed by atoms with Crippen molar-refractivity contribution >= 4 is 23.2 Å². The van der Waals surface area contributed by atoms with Gasteiger partial charge in [-0.1, -0.05) is 29.3 Å². The molecule has 0 atom stereocenters. The number of ether oxygens (including phenoxy) is 3. The SMILES string of the molecule is COc1cc(CNC(C)(C)c2ccc(Cl)c(Cl)c2)cc(OC)c1OC(F)F. The summed E-state index contributed by atoms with van der Waals surface area (Å²) in [6, 6.07) is 8.68. The maximum Gasteiger partial charge on any atom is 0.387 e. The molecule has 4 nitrogen and oxygen atoms in total. The molecule has 0 fully saturated rings. The molecule has 0 amide bonds. The van der Waals surface area contributed by atoms with Gasteiger partial charge in [0.25, 0.3) is 0 Å². The zero-order valence-corrected chi connectivity index (χ0v) is 16.9. The van der Waals surface area contributed by atoms with Crippen LogP contribution in [0.3, 0.4) is 0 Å². The Morgan fingerprint density at radius 2 is 1.59 bits per heavy atom. The average molecular weight is 420 g/mol. The maximum atomic E-state index is 12.6. The fourth-order valence-electron chi connectivity index (χ4n) is 2.55. The van der Waals surface area contributed by atoms with Crippen LogP contribution in [-0.2, 0) is 12.1 Å². The van der Waals surface area contributed by atoms with Crippen LogP contribution in [0.15, 0.2) is 30.3 Å². The van der Waals surface area contributed by atoms with Crippen molar-refractivity contribution in [3.63, 3.8) is 0 Å². The molecule has 2 aromatic carbocycles. The Morgan fingerprint density at radius 3 is 2.07 bits per heavy atom. The quantitative estimate of drug-likeness (QED) is 0.600. The number of benzene rings is 2. The average Bonchev–Trinajstić information content (AvgIpc) is 2.62. The van der Waals surface area contributed by atoms with Crippen molar-refractivity contribution in [1.29, 1.82) is 0 Å². The van der Waals surface area contributed by atoms with Crippen molar-refractivity contribution in [2.24, 2.45) is 0 Å². The van der Waals surface area contributed by atoms with Crippen molar-refractivity contribution < 1.29 is 23.0 Å². The minimum absolute atomic E-state index is 0.137. The summed E-state index contributed by atoms with van der Waals surface area (Å²) in [4.78, 5) is 0. The Kier molecular flexibility index (Phi) is 7.14. The molecule has 8 heteroatoms. The lowest BCUT2D eigenvalue weighted by atomic mass is 9.94. The van der Waals surface area contributed by atoms with Crippen LogP contribution in [-0.4, -0.2) is 20.8 Å². The predicted octanol–water partition coefficient (Wildman–Crippen LogP) is 5.64. The van der Waals surface area contributed by atoms with E-state index in [2.05, 4.69) is 10.1 Å². The van der Waals surface area contributed by atoms with E-state index in [0.29, 0.717) is 16.6 Å². The van der Waals surface area contributed by atoms with Crippen molar-refractivity contribution in [3.05, 3.63) is 51.5 Å². The number of hydrogen-bond acceptors (Lipinski definition) is 4. The Bertz CT molecular complexity index is 776. The van der Waals surface area contributed by atoms with Crippen LogP contribution in [0.5, 0.6) is 17.2 Å². The molecule has 1 N–H and O–H groups in total. The van der Waals surface area contributed by atoms with Gasteiger partial charge in [-0.15, -0.1) is 0 Å². The second-order valence-electron chi connectivity index (χ2n) is 6.32. The smallest absolute Gasteiger partial charge is 0.387 e. The fourth-order valence-corrected chi connectivity index (χ4v) is 2.85. The summed E-state index contributed by atoms with van der Waals surface area (Å²) in [5.74, 6) is 0.195. The number of halogens is 4. The molecule has 0 aliphatic carbocycles. The van der Waals surface area contributed by atoms with Crippen LogP contribution in [0, 0.1) is 0 Å². The third-order valence-corrected chi connectivity index (χ3v) is 4.84. The molecule has 2 aromatic rings. The largest absolute Gasteiger partial charge is 0.493 e. The normalized spacial score (nSPS) is 11.6. The van der Waals surface area contributed by atoms with Gasteiger partial charge in [0.05, 0.1) is 24.3 Å². The van der Waals surface area contributed by atoms with Crippen LogP contribution < -0.4 is 19.5 Å². The summed E-state index contributed by atoms with van der Waals surface area (Å²) in [7, 11) is 2.76. The molecule has 0 aromatic heterocycles. The van der Waals surface area contributed by atoms with Gasteiger partial charge in [-0.2, -0.15) is 8.78 Å². The van der Waals surface area contributed by atoms with Gasteiger partial charge >= 0.3 is 6.61 Å². The van der Waals surface area contributed by atoms with Crippen LogP contribution in [0.2, 0.25) is 10.0 Å². The highest BCUT2D eigenvalue weighted by Crippen LogP contribution is 2.39. The van der Waals surface area contributed by atoms with E-state index < -0.39 is 12.2 Å². The van der Waals surface area contributed by atoms with E-state index in [1.54, 1.807) is 24.3 Å². The van der Waals surface area contributed by atoms with Crippen molar-refractivity contribution in [3.8, 4) is 17.2 Å². The van der Waals surface area contributed by atoms with Crippen molar-refractivity contribution in [2.75, 3.05) is 14.2 Å². The molecule has 2 rings (SSSR count). The highest BCUT2D eigenvalue weighted by Gasteiger charge is 2.22. The Hall–Kier alpha value is -1.76. The fraction of sp³-hybridized carbons (Fsp3) is 0.368. The van der Waals surface area contributed by atoms with E-state index >= 15 is 0 Å². The van der Waals surface area contributed by atoms with E-state index in [4.69, 9.17) is 32.7 Å². The van der Waals surface area contributed by atoms with Gasteiger partial charge in [0.2, 0.25) is 5.75 Å². The first-order chi connectivity index (χ1) is 12.7. The molecular formula is C19H21Cl2F2NO3. The molecule has 148 valence electrons. The highest BCUT2D eigenvalue weighted by molar-refractivity contribution is 6.42. The molecule has 0 aliphatic rings. The molecule has 0 saturated carbocycles. The van der Waals surface area contributed by atoms with Gasteiger partial charge in [0.15, 0.2) is 11.5 Å².